The van der Waals surface area contributed by atoms with Crippen molar-refractivity contribution < 1.29 is 17.6 Å². The minimum Gasteiger partial charge on any atom is -0.295 e. The Kier molecular flexibility index (Phi) is 4.27. The predicted octanol–water partition coefficient (Wildman–Crippen LogP) is 3.04. The third-order valence-electron chi connectivity index (χ3n) is 4.46. The van der Waals surface area contributed by atoms with Gasteiger partial charge in [-0.05, 0) is 49.6 Å². The molecule has 0 radical (unpaired) electrons. The number of hydrogen-bond donors (Lipinski definition) is 1. The van der Waals surface area contributed by atoms with Gasteiger partial charge in [-0.1, -0.05) is 24.3 Å². The molecule has 0 saturated heterocycles. The highest BCUT2D eigenvalue weighted by Crippen LogP contribution is 2.47. The first-order valence-corrected chi connectivity index (χ1v) is 9.17. The molecular weight excluding hydrogens is 329 g/mol. The molecule has 0 bridgehead atoms. The molecule has 0 unspecified atom stereocenters. The number of ketones is 1. The van der Waals surface area contributed by atoms with Gasteiger partial charge in [0.2, 0.25) is 10.0 Å². The summed E-state index contributed by atoms with van der Waals surface area (Å²) < 4.78 is 40.6. The van der Waals surface area contributed by atoms with Crippen LogP contribution in [0.1, 0.15) is 35.7 Å². The van der Waals surface area contributed by atoms with Crippen molar-refractivity contribution in [1.29, 1.82) is 0 Å². The summed E-state index contributed by atoms with van der Waals surface area (Å²) in [6.45, 7) is 1.65. The fourth-order valence-corrected chi connectivity index (χ4v) is 3.89. The van der Waals surface area contributed by atoms with Crippen LogP contribution in [0.25, 0.3) is 0 Å². The summed E-state index contributed by atoms with van der Waals surface area (Å²) in [5.74, 6) is -0.492. The summed E-state index contributed by atoms with van der Waals surface area (Å²) in [6.07, 6.45) is 1.71. The first-order valence-electron chi connectivity index (χ1n) is 7.69. The van der Waals surface area contributed by atoms with Gasteiger partial charge in [-0.25, -0.2) is 17.5 Å². The largest absolute Gasteiger partial charge is 0.295 e. The van der Waals surface area contributed by atoms with Gasteiger partial charge in [-0.15, -0.1) is 0 Å². The Morgan fingerprint density at radius 1 is 1.17 bits per heavy atom. The Hall–Kier alpha value is -2.05. The Balaban J connectivity index is 1.77. The number of hydrogen-bond acceptors (Lipinski definition) is 3. The minimum absolute atomic E-state index is 0.0742. The van der Waals surface area contributed by atoms with Crippen LogP contribution in [0.3, 0.4) is 0 Å². The minimum atomic E-state index is -3.70. The van der Waals surface area contributed by atoms with E-state index < -0.39 is 10.0 Å². The van der Waals surface area contributed by atoms with Gasteiger partial charge in [0.1, 0.15) is 5.82 Å². The van der Waals surface area contributed by atoms with E-state index >= 15 is 0 Å². The molecule has 1 fully saturated rings. The van der Waals surface area contributed by atoms with Crippen LogP contribution >= 0.6 is 0 Å². The summed E-state index contributed by atoms with van der Waals surface area (Å²) in [4.78, 5) is 11.5. The van der Waals surface area contributed by atoms with Gasteiger partial charge in [0.25, 0.3) is 0 Å². The molecular formula is C18H18FNO3S. The molecule has 1 N–H and O–H groups in total. The number of halogens is 1. The van der Waals surface area contributed by atoms with E-state index in [1.807, 2.05) is 0 Å². The topological polar surface area (TPSA) is 63.2 Å². The predicted molar refractivity (Wildman–Crippen MR) is 88.9 cm³/mol. The highest BCUT2D eigenvalue weighted by Gasteiger charge is 2.44. The lowest BCUT2D eigenvalue weighted by Gasteiger charge is -2.17. The molecule has 3 rings (SSSR count). The first-order chi connectivity index (χ1) is 11.3. The molecule has 4 nitrogen and oxygen atoms in total. The van der Waals surface area contributed by atoms with Crippen molar-refractivity contribution in [3.8, 4) is 0 Å². The van der Waals surface area contributed by atoms with Gasteiger partial charge in [-0.3, -0.25) is 4.79 Å². The van der Waals surface area contributed by atoms with Crippen molar-refractivity contribution >= 4 is 15.8 Å². The Bertz CT molecular complexity index is 871. The third-order valence-corrected chi connectivity index (χ3v) is 5.86. The fraction of sp³-hybridized carbons (Fsp3) is 0.278. The second-order valence-electron chi connectivity index (χ2n) is 6.20. The highest BCUT2D eigenvalue weighted by molar-refractivity contribution is 7.89. The van der Waals surface area contributed by atoms with Gasteiger partial charge < -0.3 is 0 Å². The zero-order valence-electron chi connectivity index (χ0n) is 13.3. The molecule has 2 aromatic carbocycles. The van der Waals surface area contributed by atoms with E-state index in [0.717, 1.165) is 18.4 Å². The standard InChI is InChI=1S/C18H18FNO3S/c1-13(21)14-3-2-4-17(11-14)24(22,23)20-12-18(9-10-18)15-5-7-16(19)8-6-15/h2-8,11,20H,9-10,12H2,1H3. The summed E-state index contributed by atoms with van der Waals surface area (Å²) in [5, 5.41) is 0. The zero-order valence-corrected chi connectivity index (χ0v) is 14.1. The lowest BCUT2D eigenvalue weighted by atomic mass is 9.96. The quantitative estimate of drug-likeness (QED) is 0.817. The van der Waals surface area contributed by atoms with E-state index in [1.165, 1.54) is 31.2 Å². The second-order valence-corrected chi connectivity index (χ2v) is 7.96. The van der Waals surface area contributed by atoms with Crippen LogP contribution in [0.15, 0.2) is 53.4 Å². The Morgan fingerprint density at radius 2 is 1.83 bits per heavy atom. The molecule has 0 aliphatic heterocycles. The van der Waals surface area contributed by atoms with Crippen LogP contribution in [0.2, 0.25) is 0 Å². The van der Waals surface area contributed by atoms with E-state index in [1.54, 1.807) is 24.3 Å². The van der Waals surface area contributed by atoms with E-state index in [4.69, 9.17) is 0 Å². The lowest BCUT2D eigenvalue weighted by Crippen LogP contribution is -2.32. The zero-order chi connectivity index (χ0) is 17.4. The Labute approximate surface area is 140 Å². The van der Waals surface area contributed by atoms with Gasteiger partial charge >= 0.3 is 0 Å². The molecule has 6 heteroatoms. The van der Waals surface area contributed by atoms with Crippen LogP contribution < -0.4 is 4.72 Å². The third kappa shape index (κ3) is 3.39. The first kappa shape index (κ1) is 16.8. The van der Waals surface area contributed by atoms with Crippen LogP contribution in [0.5, 0.6) is 0 Å². The van der Waals surface area contributed by atoms with Crippen molar-refractivity contribution in [2.24, 2.45) is 0 Å². The van der Waals surface area contributed by atoms with E-state index in [9.17, 15) is 17.6 Å². The molecule has 1 aliphatic carbocycles. The fourth-order valence-electron chi connectivity index (χ4n) is 2.72. The van der Waals surface area contributed by atoms with Gasteiger partial charge in [0, 0.05) is 17.5 Å². The molecule has 0 heterocycles. The molecule has 24 heavy (non-hydrogen) atoms. The summed E-state index contributed by atoms with van der Waals surface area (Å²) >= 11 is 0. The number of Topliss-reactive ketones (excluding diaryl/α,β-unsaturated/α-hetero) is 1. The van der Waals surface area contributed by atoms with Gasteiger partial charge in [-0.2, -0.15) is 0 Å². The van der Waals surface area contributed by atoms with E-state index in [2.05, 4.69) is 4.72 Å². The molecule has 2 aromatic rings. The van der Waals surface area contributed by atoms with Crippen molar-refractivity contribution in [3.63, 3.8) is 0 Å². The van der Waals surface area contributed by atoms with Crippen LogP contribution in [0.4, 0.5) is 4.39 Å². The molecule has 126 valence electrons. The van der Waals surface area contributed by atoms with Crippen molar-refractivity contribution in [3.05, 3.63) is 65.5 Å². The smallest absolute Gasteiger partial charge is 0.240 e. The number of benzene rings is 2. The van der Waals surface area contributed by atoms with Gasteiger partial charge in [0.05, 0.1) is 4.90 Å². The van der Waals surface area contributed by atoms with Crippen molar-refractivity contribution in [2.45, 2.75) is 30.1 Å². The average molecular weight is 347 g/mol. The molecule has 0 aromatic heterocycles. The molecule has 1 aliphatic rings. The lowest BCUT2D eigenvalue weighted by molar-refractivity contribution is 0.101. The normalized spacial score (nSPS) is 15.9. The summed E-state index contributed by atoms with van der Waals surface area (Å²) in [5.41, 5.74) is 1.03. The average Bonchev–Trinajstić information content (AvgIpc) is 3.35. The van der Waals surface area contributed by atoms with Crippen molar-refractivity contribution in [2.75, 3.05) is 6.54 Å². The van der Waals surface area contributed by atoms with E-state index in [0.29, 0.717) is 5.56 Å². The highest BCUT2D eigenvalue weighted by atomic mass is 32.2. The molecule has 0 atom stereocenters. The number of sulfonamides is 1. The number of carbonyl (C=O) groups excluding carboxylic acids is 1. The maximum Gasteiger partial charge on any atom is 0.240 e. The molecule has 0 amide bonds. The number of nitrogens with one attached hydrogen (secondary N) is 1. The second kappa shape index (κ2) is 6.11. The van der Waals surface area contributed by atoms with Crippen LogP contribution in [-0.4, -0.2) is 20.7 Å². The molecule has 1 saturated carbocycles. The molecule has 0 spiro atoms. The van der Waals surface area contributed by atoms with E-state index in [-0.39, 0.29) is 28.5 Å². The van der Waals surface area contributed by atoms with Crippen molar-refractivity contribution in [1.82, 2.24) is 4.72 Å². The maximum atomic E-state index is 13.1. The number of carbonyl (C=O) groups is 1. The number of rotatable bonds is 6. The monoisotopic (exact) mass is 347 g/mol. The van der Waals surface area contributed by atoms with Gasteiger partial charge in [0.15, 0.2) is 5.78 Å². The van der Waals surface area contributed by atoms with Crippen LogP contribution in [0, 0.1) is 5.82 Å². The maximum absolute atomic E-state index is 13.1. The summed E-state index contributed by atoms with van der Waals surface area (Å²) in [7, 11) is -3.70. The summed E-state index contributed by atoms with van der Waals surface area (Å²) in [6, 6.07) is 12.2. The Morgan fingerprint density at radius 3 is 2.42 bits per heavy atom. The van der Waals surface area contributed by atoms with Crippen LogP contribution in [-0.2, 0) is 15.4 Å². The SMILES string of the molecule is CC(=O)c1cccc(S(=O)(=O)NCC2(c3ccc(F)cc3)CC2)c1.